The molecule has 0 aliphatic heterocycles. The molecule has 6 nitrogen and oxygen atoms in total. The van der Waals surface area contributed by atoms with Gasteiger partial charge < -0.3 is 19.6 Å². The number of phenolic OH excluding ortho intramolecular Hbond substituents is 1. The van der Waals surface area contributed by atoms with Crippen LogP contribution in [0.3, 0.4) is 0 Å². The lowest BCUT2D eigenvalue weighted by atomic mass is 10.1. The van der Waals surface area contributed by atoms with Crippen LogP contribution in [0.5, 0.6) is 5.75 Å². The second-order valence-corrected chi connectivity index (χ2v) is 6.49. The summed E-state index contributed by atoms with van der Waals surface area (Å²) in [7, 11) is 0. The van der Waals surface area contributed by atoms with Gasteiger partial charge in [0.1, 0.15) is 11.3 Å². The van der Waals surface area contributed by atoms with Crippen molar-refractivity contribution < 1.29 is 23.8 Å². The van der Waals surface area contributed by atoms with Gasteiger partial charge in [0, 0.05) is 22.6 Å². The zero-order valence-corrected chi connectivity index (χ0v) is 13.7. The maximum Gasteiger partial charge on any atom is 0.311 e. The predicted octanol–water partition coefficient (Wildman–Crippen LogP) is 2.53. The maximum atomic E-state index is 12.0. The minimum atomic E-state index is -0.871. The minimum absolute atomic E-state index is 0.00901. The van der Waals surface area contributed by atoms with Gasteiger partial charge in [-0.1, -0.05) is 0 Å². The standard InChI is InChI=1S/C17H21NO5/c1-10(16(21)18-17(2,3)4)23-15(20)7-11-9-22-14-8-12(19)5-6-13(11)14/h5-6,8-10,19H,7H2,1-4H3,(H,18,21)/t10-/m1/s1. The van der Waals surface area contributed by atoms with Gasteiger partial charge in [-0.15, -0.1) is 0 Å². The molecule has 0 fully saturated rings. The van der Waals surface area contributed by atoms with Crippen molar-refractivity contribution in [2.45, 2.75) is 45.8 Å². The monoisotopic (exact) mass is 319 g/mol. The summed E-state index contributed by atoms with van der Waals surface area (Å²) in [4.78, 5) is 23.9. The molecule has 1 aromatic heterocycles. The van der Waals surface area contributed by atoms with Gasteiger partial charge in [-0.3, -0.25) is 9.59 Å². The molecule has 2 rings (SSSR count). The number of amides is 1. The van der Waals surface area contributed by atoms with E-state index in [-0.39, 0.29) is 23.6 Å². The third kappa shape index (κ3) is 4.48. The first kappa shape index (κ1) is 16.9. The zero-order chi connectivity index (χ0) is 17.2. The number of ether oxygens (including phenoxy) is 1. The number of carbonyl (C=O) groups is 2. The molecule has 124 valence electrons. The van der Waals surface area contributed by atoms with Crippen LogP contribution in [0.1, 0.15) is 33.3 Å². The van der Waals surface area contributed by atoms with E-state index >= 15 is 0 Å². The van der Waals surface area contributed by atoms with E-state index in [1.807, 2.05) is 20.8 Å². The fourth-order valence-corrected chi connectivity index (χ4v) is 2.13. The molecular formula is C17H21NO5. The molecule has 0 saturated carbocycles. The number of esters is 1. The zero-order valence-electron chi connectivity index (χ0n) is 13.7. The quantitative estimate of drug-likeness (QED) is 0.845. The van der Waals surface area contributed by atoms with Gasteiger partial charge in [0.2, 0.25) is 0 Å². The molecule has 1 heterocycles. The molecule has 2 N–H and O–H groups in total. The molecule has 0 aliphatic carbocycles. The van der Waals surface area contributed by atoms with Crippen molar-refractivity contribution in [1.82, 2.24) is 5.32 Å². The van der Waals surface area contributed by atoms with Crippen molar-refractivity contribution in [3.05, 3.63) is 30.0 Å². The molecule has 0 spiro atoms. The van der Waals surface area contributed by atoms with Crippen LogP contribution >= 0.6 is 0 Å². The van der Waals surface area contributed by atoms with Crippen LogP contribution in [0.4, 0.5) is 0 Å². The van der Waals surface area contributed by atoms with Crippen molar-refractivity contribution >= 4 is 22.8 Å². The Balaban J connectivity index is 2.00. The average molecular weight is 319 g/mol. The third-order valence-electron chi connectivity index (χ3n) is 3.15. The molecule has 23 heavy (non-hydrogen) atoms. The van der Waals surface area contributed by atoms with Crippen LogP contribution in [0.15, 0.2) is 28.9 Å². The molecule has 0 aliphatic rings. The van der Waals surface area contributed by atoms with E-state index in [0.717, 1.165) is 5.39 Å². The lowest BCUT2D eigenvalue weighted by Crippen LogP contribution is -2.46. The van der Waals surface area contributed by atoms with Gasteiger partial charge in [0.25, 0.3) is 5.91 Å². The van der Waals surface area contributed by atoms with Gasteiger partial charge in [-0.25, -0.2) is 0 Å². The van der Waals surface area contributed by atoms with Crippen molar-refractivity contribution in [3.8, 4) is 5.75 Å². The van der Waals surface area contributed by atoms with E-state index in [1.54, 1.807) is 6.07 Å². The largest absolute Gasteiger partial charge is 0.508 e. The maximum absolute atomic E-state index is 12.0. The summed E-state index contributed by atoms with van der Waals surface area (Å²) in [5, 5.41) is 12.9. The molecule has 1 aromatic carbocycles. The SMILES string of the molecule is C[C@@H](OC(=O)Cc1coc2cc(O)ccc12)C(=O)NC(C)(C)C. The van der Waals surface area contributed by atoms with Crippen molar-refractivity contribution in [3.63, 3.8) is 0 Å². The van der Waals surface area contributed by atoms with E-state index in [0.29, 0.717) is 11.1 Å². The van der Waals surface area contributed by atoms with Crippen LogP contribution in [0.2, 0.25) is 0 Å². The molecule has 1 atom stereocenters. The summed E-state index contributed by atoms with van der Waals surface area (Å²) in [5.74, 6) is -0.765. The Kier molecular flexibility index (Phi) is 4.63. The van der Waals surface area contributed by atoms with E-state index in [4.69, 9.17) is 9.15 Å². The Morgan fingerprint density at radius 1 is 1.35 bits per heavy atom. The number of rotatable bonds is 4. The van der Waals surface area contributed by atoms with Gasteiger partial charge in [-0.2, -0.15) is 0 Å². The number of hydrogen-bond acceptors (Lipinski definition) is 5. The highest BCUT2D eigenvalue weighted by Crippen LogP contribution is 2.25. The highest BCUT2D eigenvalue weighted by molar-refractivity contribution is 5.88. The highest BCUT2D eigenvalue weighted by atomic mass is 16.5. The van der Waals surface area contributed by atoms with Crippen molar-refractivity contribution in [1.29, 1.82) is 0 Å². The van der Waals surface area contributed by atoms with Gasteiger partial charge in [0.05, 0.1) is 12.7 Å². The molecule has 2 aromatic rings. The smallest absolute Gasteiger partial charge is 0.311 e. The fourth-order valence-electron chi connectivity index (χ4n) is 2.13. The van der Waals surface area contributed by atoms with E-state index in [2.05, 4.69) is 5.32 Å². The topological polar surface area (TPSA) is 88.8 Å². The Bertz CT molecular complexity index is 726. The van der Waals surface area contributed by atoms with Crippen LogP contribution in [0.25, 0.3) is 11.0 Å². The first-order chi connectivity index (χ1) is 10.7. The van der Waals surface area contributed by atoms with Gasteiger partial charge >= 0.3 is 5.97 Å². The number of aromatic hydroxyl groups is 1. The summed E-state index contributed by atoms with van der Waals surface area (Å²) in [6.45, 7) is 7.09. The third-order valence-corrected chi connectivity index (χ3v) is 3.15. The number of hydrogen-bond donors (Lipinski definition) is 2. The van der Waals surface area contributed by atoms with Crippen molar-refractivity contribution in [2.75, 3.05) is 0 Å². The van der Waals surface area contributed by atoms with Gasteiger partial charge in [0.15, 0.2) is 6.10 Å². The Hall–Kier alpha value is -2.50. The molecule has 1 amide bonds. The molecule has 0 unspecified atom stereocenters. The Morgan fingerprint density at radius 3 is 2.70 bits per heavy atom. The summed E-state index contributed by atoms with van der Waals surface area (Å²) in [5.41, 5.74) is 0.750. The molecule has 0 radical (unpaired) electrons. The summed E-state index contributed by atoms with van der Waals surface area (Å²) in [6, 6.07) is 4.67. The van der Waals surface area contributed by atoms with E-state index in [9.17, 15) is 14.7 Å². The fraction of sp³-hybridized carbons (Fsp3) is 0.412. The lowest BCUT2D eigenvalue weighted by molar-refractivity contribution is -0.154. The molecular weight excluding hydrogens is 298 g/mol. The molecule has 0 bridgehead atoms. The normalized spacial score (nSPS) is 12.9. The van der Waals surface area contributed by atoms with Crippen LogP contribution in [0, 0.1) is 0 Å². The second-order valence-electron chi connectivity index (χ2n) is 6.49. The van der Waals surface area contributed by atoms with Gasteiger partial charge in [-0.05, 0) is 39.8 Å². The number of furan rings is 1. The highest BCUT2D eigenvalue weighted by Gasteiger charge is 2.23. The van der Waals surface area contributed by atoms with Crippen LogP contribution in [-0.2, 0) is 20.7 Å². The number of benzene rings is 1. The average Bonchev–Trinajstić information content (AvgIpc) is 2.78. The summed E-state index contributed by atoms with van der Waals surface area (Å²) in [6.07, 6.45) is 0.569. The number of carbonyl (C=O) groups excluding carboxylic acids is 2. The summed E-state index contributed by atoms with van der Waals surface area (Å²) < 4.78 is 10.5. The van der Waals surface area contributed by atoms with E-state index in [1.165, 1.54) is 25.3 Å². The minimum Gasteiger partial charge on any atom is -0.508 e. The number of nitrogens with one attached hydrogen (secondary N) is 1. The molecule has 6 heteroatoms. The number of phenols is 1. The van der Waals surface area contributed by atoms with Crippen LogP contribution in [-0.4, -0.2) is 28.6 Å². The number of fused-ring (bicyclic) bond motifs is 1. The Labute approximate surface area is 134 Å². The first-order valence-corrected chi connectivity index (χ1v) is 7.36. The predicted molar refractivity (Wildman–Crippen MR) is 85.0 cm³/mol. The van der Waals surface area contributed by atoms with Crippen LogP contribution < -0.4 is 5.32 Å². The van der Waals surface area contributed by atoms with E-state index < -0.39 is 12.1 Å². The first-order valence-electron chi connectivity index (χ1n) is 7.36. The lowest BCUT2D eigenvalue weighted by Gasteiger charge is -2.23. The van der Waals surface area contributed by atoms with Crippen molar-refractivity contribution in [2.24, 2.45) is 0 Å². The molecule has 0 saturated heterocycles. The second kappa shape index (κ2) is 6.32. The summed E-state index contributed by atoms with van der Waals surface area (Å²) >= 11 is 0. The Morgan fingerprint density at radius 2 is 2.04 bits per heavy atom.